The van der Waals surface area contributed by atoms with E-state index in [4.69, 9.17) is 5.73 Å². The molecule has 1 aliphatic rings. The first-order chi connectivity index (χ1) is 8.81. The molecule has 0 aromatic heterocycles. The highest BCUT2D eigenvalue weighted by molar-refractivity contribution is 5.97. The quantitative estimate of drug-likeness (QED) is 0.653. The average molecular weight is 245 g/mol. The summed E-state index contributed by atoms with van der Waals surface area (Å²) in [6.07, 6.45) is 8.03. The van der Waals surface area contributed by atoms with Crippen molar-refractivity contribution in [3.8, 4) is 0 Å². The molecule has 0 heterocycles. The molecule has 0 radical (unpaired) electrons. The summed E-state index contributed by atoms with van der Waals surface area (Å²) in [4.78, 5) is 12.4. The van der Waals surface area contributed by atoms with Crippen LogP contribution in [0.1, 0.15) is 54.4 Å². The number of hydrogen-bond acceptors (Lipinski definition) is 2. The minimum atomic E-state index is 0.257. The minimum Gasteiger partial charge on any atom is -0.330 e. The van der Waals surface area contributed by atoms with Crippen LogP contribution >= 0.6 is 0 Å². The molecule has 0 aliphatic heterocycles. The molecule has 0 bridgehead atoms. The van der Waals surface area contributed by atoms with Crippen LogP contribution in [0.15, 0.2) is 24.3 Å². The molecule has 1 aromatic carbocycles. The molecule has 1 saturated carbocycles. The van der Waals surface area contributed by atoms with Crippen LogP contribution in [-0.4, -0.2) is 12.3 Å². The molecular weight excluding hydrogens is 222 g/mol. The standard InChI is InChI=1S/C16H23NO/c17-12-11-13-7-9-15(10-8-13)16(18)14-5-3-1-2-4-6-14/h7-10,14H,1-6,11-12,17H2. The molecule has 0 unspecified atom stereocenters. The molecule has 0 atom stereocenters. The van der Waals surface area contributed by atoms with E-state index in [9.17, 15) is 4.79 Å². The Morgan fingerprint density at radius 3 is 2.22 bits per heavy atom. The maximum Gasteiger partial charge on any atom is 0.165 e. The van der Waals surface area contributed by atoms with Gasteiger partial charge in [0.15, 0.2) is 5.78 Å². The van der Waals surface area contributed by atoms with Gasteiger partial charge in [-0.25, -0.2) is 0 Å². The van der Waals surface area contributed by atoms with E-state index in [0.29, 0.717) is 12.3 Å². The third-order valence-electron chi connectivity index (χ3n) is 3.90. The van der Waals surface area contributed by atoms with Crippen LogP contribution in [0.4, 0.5) is 0 Å². The number of rotatable bonds is 4. The molecule has 0 spiro atoms. The molecule has 0 saturated heterocycles. The lowest BCUT2D eigenvalue weighted by atomic mass is 9.90. The van der Waals surface area contributed by atoms with Crippen LogP contribution in [0, 0.1) is 5.92 Å². The molecule has 98 valence electrons. The van der Waals surface area contributed by atoms with Gasteiger partial charge in [0.25, 0.3) is 0 Å². The van der Waals surface area contributed by atoms with E-state index >= 15 is 0 Å². The van der Waals surface area contributed by atoms with Crippen molar-refractivity contribution < 1.29 is 4.79 Å². The van der Waals surface area contributed by atoms with Gasteiger partial charge in [0.1, 0.15) is 0 Å². The van der Waals surface area contributed by atoms with E-state index < -0.39 is 0 Å². The summed E-state index contributed by atoms with van der Waals surface area (Å²) in [5, 5.41) is 0. The maximum atomic E-state index is 12.4. The summed E-state index contributed by atoms with van der Waals surface area (Å²) in [7, 11) is 0. The first-order valence-corrected chi connectivity index (χ1v) is 7.14. The lowest BCUT2D eigenvalue weighted by molar-refractivity contribution is 0.0908. The number of benzene rings is 1. The third kappa shape index (κ3) is 3.42. The van der Waals surface area contributed by atoms with Crippen molar-refractivity contribution >= 4 is 5.78 Å². The van der Waals surface area contributed by atoms with Crippen LogP contribution < -0.4 is 5.73 Å². The van der Waals surface area contributed by atoms with Crippen LogP contribution in [-0.2, 0) is 6.42 Å². The Kier molecular flexibility index (Phi) is 4.94. The van der Waals surface area contributed by atoms with Gasteiger partial charge in [-0.05, 0) is 31.4 Å². The number of Topliss-reactive ketones (excluding diaryl/α,β-unsaturated/α-hetero) is 1. The smallest absolute Gasteiger partial charge is 0.165 e. The third-order valence-corrected chi connectivity index (χ3v) is 3.90. The highest BCUT2D eigenvalue weighted by atomic mass is 16.1. The zero-order valence-corrected chi connectivity index (χ0v) is 11.0. The van der Waals surface area contributed by atoms with E-state index in [2.05, 4.69) is 0 Å². The second kappa shape index (κ2) is 6.69. The fraction of sp³-hybridized carbons (Fsp3) is 0.562. The van der Waals surface area contributed by atoms with Gasteiger partial charge in [0.2, 0.25) is 0 Å². The van der Waals surface area contributed by atoms with Gasteiger partial charge in [-0.2, -0.15) is 0 Å². The van der Waals surface area contributed by atoms with E-state index in [1.54, 1.807) is 0 Å². The normalized spacial score (nSPS) is 17.4. The van der Waals surface area contributed by atoms with Crippen molar-refractivity contribution in [1.29, 1.82) is 0 Å². The Morgan fingerprint density at radius 2 is 1.67 bits per heavy atom. The molecular formula is C16H23NO. The number of carbonyl (C=O) groups is 1. The van der Waals surface area contributed by atoms with E-state index in [1.807, 2.05) is 24.3 Å². The molecule has 1 aromatic rings. The maximum absolute atomic E-state index is 12.4. The first-order valence-electron chi connectivity index (χ1n) is 7.14. The summed E-state index contributed by atoms with van der Waals surface area (Å²) < 4.78 is 0. The van der Waals surface area contributed by atoms with Gasteiger partial charge in [0, 0.05) is 11.5 Å². The van der Waals surface area contributed by atoms with Crippen LogP contribution in [0.5, 0.6) is 0 Å². The van der Waals surface area contributed by atoms with Crippen molar-refractivity contribution in [2.75, 3.05) is 6.54 Å². The van der Waals surface area contributed by atoms with Gasteiger partial charge in [-0.3, -0.25) is 4.79 Å². The monoisotopic (exact) mass is 245 g/mol. The molecule has 18 heavy (non-hydrogen) atoms. The lowest BCUT2D eigenvalue weighted by Crippen LogP contribution is -2.14. The van der Waals surface area contributed by atoms with Gasteiger partial charge >= 0.3 is 0 Å². The molecule has 2 nitrogen and oxygen atoms in total. The molecule has 2 N–H and O–H groups in total. The molecule has 0 amide bonds. The fourth-order valence-electron chi connectivity index (χ4n) is 2.78. The summed E-state index contributed by atoms with van der Waals surface area (Å²) in [6, 6.07) is 8.02. The topological polar surface area (TPSA) is 43.1 Å². The highest BCUT2D eigenvalue weighted by Gasteiger charge is 2.21. The van der Waals surface area contributed by atoms with Gasteiger partial charge in [0.05, 0.1) is 0 Å². The van der Waals surface area contributed by atoms with E-state index in [-0.39, 0.29) is 5.92 Å². The Balaban J connectivity index is 2.02. The predicted octanol–water partition coefficient (Wildman–Crippen LogP) is 3.34. The Morgan fingerprint density at radius 1 is 1.06 bits per heavy atom. The first kappa shape index (κ1) is 13.3. The Labute approximate surface area is 110 Å². The van der Waals surface area contributed by atoms with Crippen LogP contribution in [0.25, 0.3) is 0 Å². The van der Waals surface area contributed by atoms with Gasteiger partial charge in [-0.1, -0.05) is 49.9 Å². The number of nitrogens with two attached hydrogens (primary N) is 1. The van der Waals surface area contributed by atoms with Crippen molar-refractivity contribution in [3.63, 3.8) is 0 Å². The highest BCUT2D eigenvalue weighted by Crippen LogP contribution is 2.26. The van der Waals surface area contributed by atoms with Crippen molar-refractivity contribution in [2.45, 2.75) is 44.9 Å². The zero-order chi connectivity index (χ0) is 12.8. The van der Waals surface area contributed by atoms with Crippen LogP contribution in [0.2, 0.25) is 0 Å². The van der Waals surface area contributed by atoms with Crippen molar-refractivity contribution in [3.05, 3.63) is 35.4 Å². The summed E-state index contributed by atoms with van der Waals surface area (Å²) in [5.74, 6) is 0.601. The Hall–Kier alpha value is -1.15. The van der Waals surface area contributed by atoms with Crippen molar-refractivity contribution in [1.82, 2.24) is 0 Å². The number of carbonyl (C=O) groups excluding carboxylic acids is 1. The van der Waals surface area contributed by atoms with Crippen molar-refractivity contribution in [2.24, 2.45) is 11.7 Å². The average Bonchev–Trinajstić information content (AvgIpc) is 2.68. The summed E-state index contributed by atoms with van der Waals surface area (Å²) in [5.41, 5.74) is 7.62. The lowest BCUT2D eigenvalue weighted by Gasteiger charge is -2.12. The van der Waals surface area contributed by atoms with Gasteiger partial charge in [-0.15, -0.1) is 0 Å². The number of hydrogen-bond donors (Lipinski definition) is 1. The summed E-state index contributed by atoms with van der Waals surface area (Å²) in [6.45, 7) is 0.663. The van der Waals surface area contributed by atoms with E-state index in [1.165, 1.54) is 31.2 Å². The summed E-state index contributed by atoms with van der Waals surface area (Å²) >= 11 is 0. The molecule has 2 heteroatoms. The second-order valence-corrected chi connectivity index (χ2v) is 5.29. The molecule has 2 rings (SSSR count). The minimum absolute atomic E-state index is 0.257. The Bertz CT molecular complexity index is 375. The largest absolute Gasteiger partial charge is 0.330 e. The second-order valence-electron chi connectivity index (χ2n) is 5.29. The number of ketones is 1. The van der Waals surface area contributed by atoms with Crippen LogP contribution in [0.3, 0.4) is 0 Å². The van der Waals surface area contributed by atoms with E-state index in [0.717, 1.165) is 24.8 Å². The predicted molar refractivity (Wildman–Crippen MR) is 74.7 cm³/mol. The van der Waals surface area contributed by atoms with Gasteiger partial charge < -0.3 is 5.73 Å². The SMILES string of the molecule is NCCc1ccc(C(=O)C2CCCCCC2)cc1. The molecule has 1 fully saturated rings. The fourth-order valence-corrected chi connectivity index (χ4v) is 2.78. The zero-order valence-electron chi connectivity index (χ0n) is 11.0. The molecule has 1 aliphatic carbocycles.